The number of aromatic nitrogens is 2. The van der Waals surface area contributed by atoms with Gasteiger partial charge in [-0.3, -0.25) is 4.68 Å². The Balaban J connectivity index is 2.09. The fraction of sp³-hybridized carbons (Fsp3) is 0.700. The average Bonchev–Trinajstić information content (AvgIpc) is 2.68. The van der Waals surface area contributed by atoms with Gasteiger partial charge in [0.2, 0.25) is 0 Å². The highest BCUT2D eigenvalue weighted by Crippen LogP contribution is 2.17. The van der Waals surface area contributed by atoms with Crippen molar-refractivity contribution in [2.45, 2.75) is 25.3 Å². The van der Waals surface area contributed by atoms with Crippen LogP contribution in [-0.2, 0) is 6.42 Å². The van der Waals surface area contributed by atoms with Crippen LogP contribution in [0.2, 0.25) is 0 Å². The van der Waals surface area contributed by atoms with Gasteiger partial charge in [-0.05, 0) is 32.0 Å². The first-order valence-electron chi connectivity index (χ1n) is 5.35. The first-order valence-corrected chi connectivity index (χ1v) is 5.35. The quantitative estimate of drug-likeness (QED) is 0.728. The molecule has 3 N–H and O–H groups in total. The molecule has 14 heavy (non-hydrogen) atoms. The van der Waals surface area contributed by atoms with Crippen LogP contribution in [0.3, 0.4) is 0 Å². The molecule has 2 rings (SSSR count). The monoisotopic (exact) mass is 194 g/mol. The molecule has 1 unspecified atom stereocenters. The van der Waals surface area contributed by atoms with Crippen LogP contribution in [0.25, 0.3) is 0 Å². The van der Waals surface area contributed by atoms with Gasteiger partial charge >= 0.3 is 0 Å². The predicted molar refractivity (Wildman–Crippen MR) is 56.1 cm³/mol. The van der Waals surface area contributed by atoms with Gasteiger partial charge in [0.15, 0.2) is 0 Å². The number of nitrogens with two attached hydrogens (primary N) is 1. The molecule has 1 atom stereocenters. The summed E-state index contributed by atoms with van der Waals surface area (Å²) in [7, 11) is 0. The zero-order valence-corrected chi connectivity index (χ0v) is 8.45. The van der Waals surface area contributed by atoms with Crippen LogP contribution < -0.4 is 11.1 Å². The maximum Gasteiger partial charge on any atom is 0.0647 e. The SMILES string of the molecule is NCCc1ccnn1C1CCCNC1. The summed E-state index contributed by atoms with van der Waals surface area (Å²) >= 11 is 0. The van der Waals surface area contributed by atoms with Crippen LogP contribution in [-0.4, -0.2) is 29.4 Å². The topological polar surface area (TPSA) is 55.9 Å². The number of nitrogens with zero attached hydrogens (tertiary/aromatic N) is 2. The van der Waals surface area contributed by atoms with Gasteiger partial charge in [-0.15, -0.1) is 0 Å². The Bertz CT molecular complexity index is 275. The van der Waals surface area contributed by atoms with Crippen molar-refractivity contribution >= 4 is 0 Å². The van der Waals surface area contributed by atoms with Crippen LogP contribution >= 0.6 is 0 Å². The summed E-state index contributed by atoms with van der Waals surface area (Å²) in [5, 5.41) is 7.78. The molecule has 1 aliphatic heterocycles. The van der Waals surface area contributed by atoms with Crippen molar-refractivity contribution in [3.05, 3.63) is 18.0 Å². The molecule has 78 valence electrons. The largest absolute Gasteiger partial charge is 0.330 e. The Kier molecular flexibility index (Phi) is 3.16. The van der Waals surface area contributed by atoms with Gasteiger partial charge in [0.1, 0.15) is 0 Å². The molecular weight excluding hydrogens is 176 g/mol. The van der Waals surface area contributed by atoms with Crippen LogP contribution in [0.5, 0.6) is 0 Å². The second-order valence-electron chi connectivity index (χ2n) is 3.81. The molecule has 0 saturated carbocycles. The van der Waals surface area contributed by atoms with Crippen molar-refractivity contribution in [1.29, 1.82) is 0 Å². The first-order chi connectivity index (χ1) is 6.92. The van der Waals surface area contributed by atoms with Crippen molar-refractivity contribution in [3.8, 4) is 0 Å². The second kappa shape index (κ2) is 4.57. The Morgan fingerprint density at radius 3 is 3.29 bits per heavy atom. The van der Waals surface area contributed by atoms with Gasteiger partial charge in [-0.1, -0.05) is 0 Å². The minimum absolute atomic E-state index is 0.528. The molecule has 0 aliphatic carbocycles. The smallest absolute Gasteiger partial charge is 0.0647 e. The van der Waals surface area contributed by atoms with Crippen molar-refractivity contribution in [2.24, 2.45) is 5.73 Å². The van der Waals surface area contributed by atoms with Gasteiger partial charge in [0.05, 0.1) is 6.04 Å². The van der Waals surface area contributed by atoms with Gasteiger partial charge in [-0.2, -0.15) is 5.10 Å². The number of piperidine rings is 1. The van der Waals surface area contributed by atoms with Crippen molar-refractivity contribution in [2.75, 3.05) is 19.6 Å². The van der Waals surface area contributed by atoms with E-state index in [-0.39, 0.29) is 0 Å². The number of nitrogens with one attached hydrogen (secondary N) is 1. The van der Waals surface area contributed by atoms with E-state index in [0.29, 0.717) is 12.6 Å². The molecule has 0 radical (unpaired) electrons. The van der Waals surface area contributed by atoms with E-state index in [1.807, 2.05) is 6.20 Å². The Hall–Kier alpha value is -0.870. The van der Waals surface area contributed by atoms with Crippen LogP contribution in [0.1, 0.15) is 24.6 Å². The molecule has 1 aliphatic rings. The third-order valence-corrected chi connectivity index (χ3v) is 2.77. The molecular formula is C10H18N4. The zero-order chi connectivity index (χ0) is 9.80. The molecule has 0 aromatic carbocycles. The van der Waals surface area contributed by atoms with E-state index < -0.39 is 0 Å². The van der Waals surface area contributed by atoms with Crippen molar-refractivity contribution in [3.63, 3.8) is 0 Å². The molecule has 0 amide bonds. The molecule has 2 heterocycles. The maximum absolute atomic E-state index is 5.56. The summed E-state index contributed by atoms with van der Waals surface area (Å²) in [5.74, 6) is 0. The minimum Gasteiger partial charge on any atom is -0.330 e. The zero-order valence-electron chi connectivity index (χ0n) is 8.45. The van der Waals surface area contributed by atoms with E-state index in [4.69, 9.17) is 5.73 Å². The van der Waals surface area contributed by atoms with Crippen LogP contribution in [0, 0.1) is 0 Å². The van der Waals surface area contributed by atoms with E-state index in [1.54, 1.807) is 0 Å². The van der Waals surface area contributed by atoms with Gasteiger partial charge in [-0.25, -0.2) is 0 Å². The number of hydrogen-bond acceptors (Lipinski definition) is 3. The average molecular weight is 194 g/mol. The summed E-state index contributed by atoms with van der Waals surface area (Å²) in [6.07, 6.45) is 5.27. The summed E-state index contributed by atoms with van der Waals surface area (Å²) < 4.78 is 2.14. The molecule has 1 fully saturated rings. The molecule has 1 saturated heterocycles. The Labute approximate surface area is 84.5 Å². The van der Waals surface area contributed by atoms with Crippen LogP contribution in [0.4, 0.5) is 0 Å². The van der Waals surface area contributed by atoms with Gasteiger partial charge < -0.3 is 11.1 Å². The summed E-state index contributed by atoms with van der Waals surface area (Å²) in [4.78, 5) is 0. The highest BCUT2D eigenvalue weighted by atomic mass is 15.3. The number of rotatable bonds is 3. The van der Waals surface area contributed by atoms with Crippen LogP contribution in [0.15, 0.2) is 12.3 Å². The van der Waals surface area contributed by atoms with E-state index in [2.05, 4.69) is 21.2 Å². The Morgan fingerprint density at radius 1 is 1.64 bits per heavy atom. The molecule has 4 nitrogen and oxygen atoms in total. The lowest BCUT2D eigenvalue weighted by Crippen LogP contribution is -2.33. The fourth-order valence-electron chi connectivity index (χ4n) is 2.06. The lowest BCUT2D eigenvalue weighted by molar-refractivity contribution is 0.339. The van der Waals surface area contributed by atoms with E-state index in [1.165, 1.54) is 18.5 Å². The highest BCUT2D eigenvalue weighted by molar-refractivity contribution is 5.03. The lowest BCUT2D eigenvalue weighted by Gasteiger charge is -2.24. The first kappa shape index (κ1) is 9.68. The summed E-state index contributed by atoms with van der Waals surface area (Å²) in [5.41, 5.74) is 6.83. The standard InChI is InChI=1S/C10H18N4/c11-5-3-9-4-7-13-14(9)10-2-1-6-12-8-10/h4,7,10,12H,1-3,5-6,8,11H2. The van der Waals surface area contributed by atoms with E-state index in [9.17, 15) is 0 Å². The third kappa shape index (κ3) is 1.96. The van der Waals surface area contributed by atoms with Crippen molar-refractivity contribution in [1.82, 2.24) is 15.1 Å². The van der Waals surface area contributed by atoms with Gasteiger partial charge in [0, 0.05) is 24.9 Å². The predicted octanol–water partition coefficient (Wildman–Crippen LogP) is 0.309. The van der Waals surface area contributed by atoms with Crippen molar-refractivity contribution < 1.29 is 0 Å². The minimum atomic E-state index is 0.528. The molecule has 1 aromatic rings. The summed E-state index contributed by atoms with van der Waals surface area (Å²) in [6.45, 7) is 2.88. The fourth-order valence-corrected chi connectivity index (χ4v) is 2.06. The van der Waals surface area contributed by atoms with E-state index >= 15 is 0 Å². The summed E-state index contributed by atoms with van der Waals surface area (Å²) in [6, 6.07) is 2.60. The molecule has 0 bridgehead atoms. The number of hydrogen-bond donors (Lipinski definition) is 2. The maximum atomic E-state index is 5.56. The molecule has 4 heteroatoms. The normalized spacial score (nSPS) is 22.5. The lowest BCUT2D eigenvalue weighted by atomic mass is 10.1. The highest BCUT2D eigenvalue weighted by Gasteiger charge is 2.17. The third-order valence-electron chi connectivity index (χ3n) is 2.77. The molecule has 0 spiro atoms. The second-order valence-corrected chi connectivity index (χ2v) is 3.81. The molecule has 1 aromatic heterocycles. The van der Waals surface area contributed by atoms with Gasteiger partial charge in [0.25, 0.3) is 0 Å². The van der Waals surface area contributed by atoms with E-state index in [0.717, 1.165) is 19.5 Å². The Morgan fingerprint density at radius 2 is 2.57 bits per heavy atom.